The van der Waals surface area contributed by atoms with Gasteiger partial charge in [-0.15, -0.1) is 0 Å². The third kappa shape index (κ3) is 4.01. The molecule has 3 aromatic rings. The van der Waals surface area contributed by atoms with E-state index >= 15 is 0 Å². The van der Waals surface area contributed by atoms with Crippen LogP contribution in [-0.4, -0.2) is 28.7 Å². The van der Waals surface area contributed by atoms with Crippen LogP contribution in [-0.2, 0) is 23.1 Å². The molecule has 0 atom stereocenters. The van der Waals surface area contributed by atoms with Gasteiger partial charge in [0.15, 0.2) is 0 Å². The Labute approximate surface area is 161 Å². The molecular weight excluding hydrogens is 360 g/mol. The SMILES string of the molecule is COc1ccc(NC(C)=O)cc1NC(=O)Cc1nn(C)c(=O)c2ccccc12. The fourth-order valence-electron chi connectivity index (χ4n) is 2.94. The number of ether oxygens (including phenoxy) is 1. The molecule has 1 aromatic heterocycles. The van der Waals surface area contributed by atoms with Gasteiger partial charge in [0, 0.05) is 25.0 Å². The van der Waals surface area contributed by atoms with E-state index in [0.29, 0.717) is 33.6 Å². The van der Waals surface area contributed by atoms with Crippen molar-refractivity contribution < 1.29 is 14.3 Å². The molecular formula is C20H20N4O4. The summed E-state index contributed by atoms with van der Waals surface area (Å²) >= 11 is 0. The van der Waals surface area contributed by atoms with Crippen molar-refractivity contribution in [2.24, 2.45) is 7.05 Å². The first-order chi connectivity index (χ1) is 13.4. The van der Waals surface area contributed by atoms with E-state index in [1.807, 2.05) is 0 Å². The zero-order valence-electron chi connectivity index (χ0n) is 15.8. The maximum Gasteiger partial charge on any atom is 0.274 e. The molecule has 0 aliphatic rings. The highest BCUT2D eigenvalue weighted by molar-refractivity contribution is 5.97. The van der Waals surface area contributed by atoms with Crippen LogP contribution in [0.25, 0.3) is 10.8 Å². The Morgan fingerprint density at radius 2 is 1.82 bits per heavy atom. The smallest absolute Gasteiger partial charge is 0.274 e. The Morgan fingerprint density at radius 3 is 2.50 bits per heavy atom. The molecule has 0 spiro atoms. The van der Waals surface area contributed by atoms with Gasteiger partial charge in [-0.2, -0.15) is 5.10 Å². The van der Waals surface area contributed by atoms with Crippen LogP contribution in [0.1, 0.15) is 12.6 Å². The number of nitrogens with one attached hydrogen (secondary N) is 2. The molecule has 0 aliphatic carbocycles. The molecule has 1 heterocycles. The zero-order valence-corrected chi connectivity index (χ0v) is 15.8. The van der Waals surface area contributed by atoms with Crippen molar-refractivity contribution in [2.75, 3.05) is 17.7 Å². The molecule has 0 saturated heterocycles. The molecule has 8 nitrogen and oxygen atoms in total. The minimum absolute atomic E-state index is 0.0256. The first-order valence-electron chi connectivity index (χ1n) is 8.59. The number of methoxy groups -OCH3 is 1. The van der Waals surface area contributed by atoms with Gasteiger partial charge in [0.25, 0.3) is 5.56 Å². The molecule has 3 rings (SSSR count). The number of hydrogen-bond acceptors (Lipinski definition) is 5. The van der Waals surface area contributed by atoms with Gasteiger partial charge in [-0.25, -0.2) is 4.68 Å². The van der Waals surface area contributed by atoms with Gasteiger partial charge in [-0.3, -0.25) is 14.4 Å². The molecule has 2 aromatic carbocycles. The molecule has 0 bridgehead atoms. The number of carbonyl (C=O) groups excluding carboxylic acids is 2. The fourth-order valence-corrected chi connectivity index (χ4v) is 2.94. The number of fused-ring (bicyclic) bond motifs is 1. The first kappa shape index (κ1) is 19.1. The summed E-state index contributed by atoms with van der Waals surface area (Å²) in [5.74, 6) is -0.0846. The lowest BCUT2D eigenvalue weighted by Crippen LogP contribution is -2.24. The van der Waals surface area contributed by atoms with Crippen LogP contribution in [0.5, 0.6) is 5.75 Å². The molecule has 28 heavy (non-hydrogen) atoms. The fraction of sp³-hybridized carbons (Fsp3) is 0.200. The van der Waals surface area contributed by atoms with Gasteiger partial charge in [0.05, 0.1) is 30.3 Å². The Kier molecular flexibility index (Phi) is 5.39. The molecule has 0 aliphatic heterocycles. The third-order valence-corrected chi connectivity index (χ3v) is 4.15. The molecule has 2 N–H and O–H groups in total. The number of amides is 2. The number of aryl methyl sites for hydroxylation is 1. The van der Waals surface area contributed by atoms with Gasteiger partial charge < -0.3 is 15.4 Å². The van der Waals surface area contributed by atoms with Gasteiger partial charge in [-0.05, 0) is 24.3 Å². The number of hydrogen-bond donors (Lipinski definition) is 2. The minimum Gasteiger partial charge on any atom is -0.495 e. The van der Waals surface area contributed by atoms with Crippen molar-refractivity contribution in [2.45, 2.75) is 13.3 Å². The lowest BCUT2D eigenvalue weighted by atomic mass is 10.1. The van der Waals surface area contributed by atoms with Crippen molar-refractivity contribution in [3.8, 4) is 5.75 Å². The predicted octanol–water partition coefficient (Wildman–Crippen LogP) is 2.08. The second-order valence-electron chi connectivity index (χ2n) is 6.24. The maximum atomic E-state index is 12.6. The zero-order chi connectivity index (χ0) is 20.3. The van der Waals surface area contributed by atoms with Gasteiger partial charge in [-0.1, -0.05) is 18.2 Å². The van der Waals surface area contributed by atoms with E-state index < -0.39 is 0 Å². The number of benzene rings is 2. The van der Waals surface area contributed by atoms with Crippen molar-refractivity contribution in [3.63, 3.8) is 0 Å². The number of carbonyl (C=O) groups is 2. The standard InChI is InChI=1S/C20H20N4O4/c1-12(25)21-13-8-9-18(28-3)17(10-13)22-19(26)11-16-14-6-4-5-7-15(14)20(27)24(2)23-16/h4-10H,11H2,1-3H3,(H,21,25)(H,22,26). The highest BCUT2D eigenvalue weighted by Crippen LogP contribution is 2.28. The van der Waals surface area contributed by atoms with Gasteiger partial charge in [0.1, 0.15) is 5.75 Å². The van der Waals surface area contributed by atoms with E-state index in [0.717, 1.165) is 0 Å². The van der Waals surface area contributed by atoms with Crippen LogP contribution in [0, 0.1) is 0 Å². The largest absolute Gasteiger partial charge is 0.495 e. The number of nitrogens with zero attached hydrogens (tertiary/aromatic N) is 2. The molecule has 2 amide bonds. The molecule has 8 heteroatoms. The van der Waals surface area contributed by atoms with E-state index in [9.17, 15) is 14.4 Å². The van der Waals surface area contributed by atoms with Crippen LogP contribution >= 0.6 is 0 Å². The minimum atomic E-state index is -0.324. The summed E-state index contributed by atoms with van der Waals surface area (Å²) in [6, 6.07) is 12.0. The van der Waals surface area contributed by atoms with E-state index in [-0.39, 0.29) is 23.8 Å². The summed E-state index contributed by atoms with van der Waals surface area (Å²) in [4.78, 5) is 36.1. The number of rotatable bonds is 5. The van der Waals surface area contributed by atoms with Crippen molar-refractivity contribution in [1.82, 2.24) is 9.78 Å². The van der Waals surface area contributed by atoms with E-state index in [2.05, 4.69) is 15.7 Å². The molecule has 0 saturated carbocycles. The molecule has 0 fully saturated rings. The predicted molar refractivity (Wildman–Crippen MR) is 107 cm³/mol. The average Bonchev–Trinajstić information content (AvgIpc) is 2.65. The first-order valence-corrected chi connectivity index (χ1v) is 8.59. The van der Waals surface area contributed by atoms with Crippen LogP contribution in [0.15, 0.2) is 47.3 Å². The average molecular weight is 380 g/mol. The second-order valence-corrected chi connectivity index (χ2v) is 6.24. The highest BCUT2D eigenvalue weighted by atomic mass is 16.5. The summed E-state index contributed by atoms with van der Waals surface area (Å²) in [7, 11) is 3.04. The molecule has 0 radical (unpaired) electrons. The second kappa shape index (κ2) is 7.91. The summed E-state index contributed by atoms with van der Waals surface area (Å²) in [5, 5.41) is 10.8. The normalized spacial score (nSPS) is 10.5. The summed E-state index contributed by atoms with van der Waals surface area (Å²) in [5.41, 5.74) is 1.23. The van der Waals surface area contributed by atoms with E-state index in [1.165, 1.54) is 18.7 Å². The quantitative estimate of drug-likeness (QED) is 0.706. The van der Waals surface area contributed by atoms with Crippen LogP contribution in [0.2, 0.25) is 0 Å². The van der Waals surface area contributed by atoms with Crippen molar-refractivity contribution >= 4 is 34.0 Å². The Hall–Kier alpha value is -3.68. The van der Waals surface area contributed by atoms with E-state index in [4.69, 9.17) is 4.74 Å². The van der Waals surface area contributed by atoms with Crippen molar-refractivity contribution in [1.29, 1.82) is 0 Å². The van der Waals surface area contributed by atoms with E-state index in [1.54, 1.807) is 49.5 Å². The highest BCUT2D eigenvalue weighted by Gasteiger charge is 2.14. The van der Waals surface area contributed by atoms with Crippen LogP contribution < -0.4 is 20.9 Å². The summed E-state index contributed by atoms with van der Waals surface area (Å²) < 4.78 is 6.50. The topological polar surface area (TPSA) is 102 Å². The Bertz CT molecular complexity index is 1120. The van der Waals surface area contributed by atoms with Crippen LogP contribution in [0.3, 0.4) is 0 Å². The lowest BCUT2D eigenvalue weighted by molar-refractivity contribution is -0.116. The summed E-state index contributed by atoms with van der Waals surface area (Å²) in [6.07, 6.45) is -0.0256. The van der Waals surface area contributed by atoms with Crippen LogP contribution in [0.4, 0.5) is 11.4 Å². The Morgan fingerprint density at radius 1 is 1.11 bits per heavy atom. The van der Waals surface area contributed by atoms with Gasteiger partial charge in [0.2, 0.25) is 11.8 Å². The monoisotopic (exact) mass is 380 g/mol. The van der Waals surface area contributed by atoms with Gasteiger partial charge >= 0.3 is 0 Å². The molecule has 144 valence electrons. The number of anilines is 2. The summed E-state index contributed by atoms with van der Waals surface area (Å²) in [6.45, 7) is 1.40. The lowest BCUT2D eigenvalue weighted by Gasteiger charge is -2.13. The Balaban J connectivity index is 1.89. The number of aromatic nitrogens is 2. The third-order valence-electron chi connectivity index (χ3n) is 4.15. The molecule has 0 unspecified atom stereocenters. The maximum absolute atomic E-state index is 12.6. The van der Waals surface area contributed by atoms with Crippen molar-refractivity contribution in [3.05, 3.63) is 58.5 Å².